The second kappa shape index (κ2) is 8.63. The summed E-state index contributed by atoms with van der Waals surface area (Å²) in [6.45, 7) is 4.04. The molecule has 0 aliphatic carbocycles. The van der Waals surface area contributed by atoms with E-state index in [0.29, 0.717) is 35.4 Å². The van der Waals surface area contributed by atoms with E-state index in [2.05, 4.69) is 4.90 Å². The van der Waals surface area contributed by atoms with Crippen molar-refractivity contribution in [1.29, 1.82) is 0 Å². The Hall–Kier alpha value is -1.61. The van der Waals surface area contributed by atoms with Crippen LogP contribution in [0.4, 0.5) is 5.69 Å². The SMILES string of the molecule is O=C(Cc1ccc(S(=O)(=O)N2CCCC2)s1)N1CCN(c2ccc(Cl)cc2)CC1. The van der Waals surface area contributed by atoms with Crippen molar-refractivity contribution in [3.05, 3.63) is 46.3 Å². The predicted molar refractivity (Wildman–Crippen MR) is 116 cm³/mol. The molecular weight excluding hydrogens is 430 g/mol. The van der Waals surface area contributed by atoms with E-state index in [1.165, 1.54) is 11.3 Å². The van der Waals surface area contributed by atoms with Crippen LogP contribution >= 0.6 is 22.9 Å². The zero-order valence-corrected chi connectivity index (χ0v) is 18.5. The summed E-state index contributed by atoms with van der Waals surface area (Å²) < 4.78 is 27.2. The van der Waals surface area contributed by atoms with Gasteiger partial charge in [-0.1, -0.05) is 11.6 Å². The van der Waals surface area contributed by atoms with Crippen LogP contribution in [0.2, 0.25) is 5.02 Å². The van der Waals surface area contributed by atoms with E-state index >= 15 is 0 Å². The molecule has 0 bridgehead atoms. The van der Waals surface area contributed by atoms with Crippen LogP contribution in [-0.4, -0.2) is 62.8 Å². The first-order valence-electron chi connectivity index (χ1n) is 9.81. The van der Waals surface area contributed by atoms with Crippen LogP contribution in [0.3, 0.4) is 0 Å². The topological polar surface area (TPSA) is 60.9 Å². The van der Waals surface area contributed by atoms with Gasteiger partial charge in [0.05, 0.1) is 6.42 Å². The molecule has 156 valence electrons. The molecular formula is C20H24ClN3O3S2. The monoisotopic (exact) mass is 453 g/mol. The van der Waals surface area contributed by atoms with Crippen LogP contribution in [0, 0.1) is 0 Å². The van der Waals surface area contributed by atoms with Crippen LogP contribution in [0.1, 0.15) is 17.7 Å². The van der Waals surface area contributed by atoms with Crippen molar-refractivity contribution in [3.8, 4) is 0 Å². The Labute approximate surface area is 180 Å². The Kier molecular flexibility index (Phi) is 6.15. The van der Waals surface area contributed by atoms with Crippen molar-refractivity contribution in [1.82, 2.24) is 9.21 Å². The molecule has 1 aromatic heterocycles. The van der Waals surface area contributed by atoms with Crippen LogP contribution in [0.15, 0.2) is 40.6 Å². The molecule has 0 spiro atoms. The van der Waals surface area contributed by atoms with Gasteiger partial charge in [-0.05, 0) is 49.2 Å². The van der Waals surface area contributed by atoms with Gasteiger partial charge in [-0.25, -0.2) is 8.42 Å². The minimum atomic E-state index is -3.41. The fraction of sp³-hybridized carbons (Fsp3) is 0.450. The van der Waals surface area contributed by atoms with E-state index in [1.807, 2.05) is 29.2 Å². The molecule has 0 saturated carbocycles. The summed E-state index contributed by atoms with van der Waals surface area (Å²) in [5.41, 5.74) is 1.11. The van der Waals surface area contributed by atoms with Gasteiger partial charge in [0.15, 0.2) is 0 Å². The van der Waals surface area contributed by atoms with Gasteiger partial charge in [-0.3, -0.25) is 4.79 Å². The molecule has 1 amide bonds. The van der Waals surface area contributed by atoms with E-state index in [1.54, 1.807) is 16.4 Å². The Bertz CT molecular complexity index is 961. The van der Waals surface area contributed by atoms with Gasteiger partial charge in [0.25, 0.3) is 10.0 Å². The number of amides is 1. The lowest BCUT2D eigenvalue weighted by Gasteiger charge is -2.36. The number of sulfonamides is 1. The number of anilines is 1. The number of rotatable bonds is 5. The first-order valence-corrected chi connectivity index (χ1v) is 12.4. The first kappa shape index (κ1) is 20.7. The molecule has 0 radical (unpaired) electrons. The van der Waals surface area contributed by atoms with E-state index in [0.717, 1.165) is 36.5 Å². The molecule has 6 nitrogen and oxygen atoms in total. The third-order valence-electron chi connectivity index (χ3n) is 5.45. The second-order valence-corrected chi connectivity index (χ2v) is 11.1. The maximum absolute atomic E-state index is 12.7. The fourth-order valence-corrected chi connectivity index (χ4v) is 6.92. The summed E-state index contributed by atoms with van der Waals surface area (Å²) in [6.07, 6.45) is 2.08. The van der Waals surface area contributed by atoms with Gasteiger partial charge < -0.3 is 9.80 Å². The van der Waals surface area contributed by atoms with Crippen LogP contribution in [0.5, 0.6) is 0 Å². The third-order valence-corrected chi connectivity index (χ3v) is 9.15. The van der Waals surface area contributed by atoms with Crippen molar-refractivity contribution in [2.45, 2.75) is 23.5 Å². The molecule has 2 aliphatic rings. The normalized spacial score (nSPS) is 18.4. The maximum atomic E-state index is 12.7. The van der Waals surface area contributed by atoms with Crippen LogP contribution in [-0.2, 0) is 21.2 Å². The van der Waals surface area contributed by atoms with E-state index in [-0.39, 0.29) is 12.3 Å². The van der Waals surface area contributed by atoms with Gasteiger partial charge in [0.1, 0.15) is 4.21 Å². The highest BCUT2D eigenvalue weighted by Gasteiger charge is 2.29. The smallest absolute Gasteiger partial charge is 0.252 e. The van der Waals surface area contributed by atoms with E-state index < -0.39 is 10.0 Å². The second-order valence-electron chi connectivity index (χ2n) is 7.35. The summed E-state index contributed by atoms with van der Waals surface area (Å²) in [4.78, 5) is 17.6. The number of halogens is 1. The molecule has 2 aliphatic heterocycles. The lowest BCUT2D eigenvalue weighted by atomic mass is 10.2. The lowest BCUT2D eigenvalue weighted by Crippen LogP contribution is -2.49. The highest BCUT2D eigenvalue weighted by molar-refractivity contribution is 7.91. The number of hydrogen-bond acceptors (Lipinski definition) is 5. The molecule has 29 heavy (non-hydrogen) atoms. The minimum Gasteiger partial charge on any atom is -0.368 e. The largest absolute Gasteiger partial charge is 0.368 e. The number of carbonyl (C=O) groups excluding carboxylic acids is 1. The van der Waals surface area contributed by atoms with Crippen molar-refractivity contribution >= 4 is 44.6 Å². The Morgan fingerprint density at radius 3 is 2.24 bits per heavy atom. The number of piperazine rings is 1. The van der Waals surface area contributed by atoms with E-state index in [4.69, 9.17) is 11.6 Å². The maximum Gasteiger partial charge on any atom is 0.252 e. The standard InChI is InChI=1S/C20H24ClN3O3S2/c21-16-3-5-17(6-4-16)22-11-13-23(14-12-22)19(25)15-18-7-8-20(28-18)29(26,27)24-9-1-2-10-24/h3-8H,1-2,9-15H2. The fourth-order valence-electron chi connectivity index (χ4n) is 3.77. The molecule has 0 atom stereocenters. The number of benzene rings is 1. The average Bonchev–Trinajstić information content (AvgIpc) is 3.42. The van der Waals surface area contributed by atoms with Crippen molar-refractivity contribution in [3.63, 3.8) is 0 Å². The number of carbonyl (C=O) groups is 1. The molecule has 1 aromatic carbocycles. The molecule has 2 aromatic rings. The van der Waals surface area contributed by atoms with Gasteiger partial charge >= 0.3 is 0 Å². The summed E-state index contributed by atoms with van der Waals surface area (Å²) in [5, 5.41) is 0.713. The molecule has 4 rings (SSSR count). The first-order chi connectivity index (χ1) is 13.9. The van der Waals surface area contributed by atoms with Gasteiger partial charge in [0, 0.05) is 54.9 Å². The lowest BCUT2D eigenvalue weighted by molar-refractivity contribution is -0.130. The molecule has 0 unspecified atom stereocenters. The molecule has 9 heteroatoms. The summed E-state index contributed by atoms with van der Waals surface area (Å²) in [5.74, 6) is 0.0488. The number of hydrogen-bond donors (Lipinski definition) is 0. The highest BCUT2D eigenvalue weighted by atomic mass is 35.5. The van der Waals surface area contributed by atoms with Gasteiger partial charge in [-0.15, -0.1) is 11.3 Å². The number of thiophene rings is 1. The highest BCUT2D eigenvalue weighted by Crippen LogP contribution is 2.28. The predicted octanol–water partition coefficient (Wildman–Crippen LogP) is 3.08. The third kappa shape index (κ3) is 4.60. The summed E-state index contributed by atoms with van der Waals surface area (Å²) in [7, 11) is -3.41. The van der Waals surface area contributed by atoms with Crippen LogP contribution in [0.25, 0.3) is 0 Å². The molecule has 3 heterocycles. The summed E-state index contributed by atoms with van der Waals surface area (Å²) in [6, 6.07) is 11.1. The van der Waals surface area contributed by atoms with Gasteiger partial charge in [0.2, 0.25) is 5.91 Å². The average molecular weight is 454 g/mol. The molecule has 0 N–H and O–H groups in total. The number of nitrogens with zero attached hydrogens (tertiary/aromatic N) is 3. The van der Waals surface area contributed by atoms with Gasteiger partial charge in [-0.2, -0.15) is 4.31 Å². The van der Waals surface area contributed by atoms with E-state index in [9.17, 15) is 13.2 Å². The van der Waals surface area contributed by atoms with Crippen molar-refractivity contribution in [2.75, 3.05) is 44.2 Å². The Balaban J connectivity index is 1.33. The van der Waals surface area contributed by atoms with Crippen molar-refractivity contribution in [2.24, 2.45) is 0 Å². The minimum absolute atomic E-state index is 0.0488. The molecule has 2 fully saturated rings. The molecule has 2 saturated heterocycles. The Morgan fingerprint density at radius 2 is 1.59 bits per heavy atom. The zero-order valence-electron chi connectivity index (χ0n) is 16.1. The zero-order chi connectivity index (χ0) is 20.4. The Morgan fingerprint density at radius 1 is 0.931 bits per heavy atom. The quantitative estimate of drug-likeness (QED) is 0.698. The summed E-state index contributed by atoms with van der Waals surface area (Å²) >= 11 is 7.17. The van der Waals surface area contributed by atoms with Crippen LogP contribution < -0.4 is 4.90 Å². The van der Waals surface area contributed by atoms with Crippen molar-refractivity contribution < 1.29 is 13.2 Å².